The van der Waals surface area contributed by atoms with Crippen LogP contribution in [0.3, 0.4) is 0 Å². The van der Waals surface area contributed by atoms with Gasteiger partial charge in [-0.1, -0.05) is 24.3 Å². The molecule has 0 saturated heterocycles. The number of carbonyl (C=O) groups is 1. The molecule has 4 aromatic rings. The highest BCUT2D eigenvalue weighted by atomic mass is 32.1. The molecule has 0 radical (unpaired) electrons. The number of Topliss-reactive ketones (excluding diaryl/α,β-unsaturated/α-hetero) is 1. The van der Waals surface area contributed by atoms with Crippen molar-refractivity contribution in [2.45, 2.75) is 19.8 Å². The third-order valence-electron chi connectivity index (χ3n) is 4.27. The van der Waals surface area contributed by atoms with E-state index in [4.69, 9.17) is 4.98 Å². The van der Waals surface area contributed by atoms with Gasteiger partial charge in [-0.15, -0.1) is 11.3 Å². The number of hydrogen-bond acceptors (Lipinski definition) is 6. The minimum absolute atomic E-state index is 0.000843. The van der Waals surface area contributed by atoms with Gasteiger partial charge in [0.2, 0.25) is 0 Å². The lowest BCUT2D eigenvalue weighted by molar-refractivity contribution is 0.101. The molecule has 0 aliphatic rings. The van der Waals surface area contributed by atoms with E-state index in [2.05, 4.69) is 16.9 Å². The molecule has 4 rings (SSSR count). The lowest BCUT2D eigenvalue weighted by Gasteiger charge is -2.08. The second-order valence-electron chi connectivity index (χ2n) is 6.05. The highest BCUT2D eigenvalue weighted by Crippen LogP contribution is 2.31. The Labute approximate surface area is 157 Å². The summed E-state index contributed by atoms with van der Waals surface area (Å²) < 4.78 is 0.956. The van der Waals surface area contributed by atoms with Gasteiger partial charge in [0.25, 0.3) is 0 Å². The van der Waals surface area contributed by atoms with Gasteiger partial charge in [-0.05, 0) is 36.8 Å². The first-order valence-electron chi connectivity index (χ1n) is 8.07. The summed E-state index contributed by atoms with van der Waals surface area (Å²) in [4.78, 5) is 34.7. The number of nitrogens with one attached hydrogen (secondary N) is 1. The van der Waals surface area contributed by atoms with Gasteiger partial charge in [0, 0.05) is 23.1 Å². The van der Waals surface area contributed by atoms with Crippen LogP contribution in [-0.4, -0.2) is 20.7 Å². The van der Waals surface area contributed by atoms with Crippen molar-refractivity contribution in [1.29, 1.82) is 0 Å². The molecule has 1 atom stereocenters. The summed E-state index contributed by atoms with van der Waals surface area (Å²) in [5, 5.41) is 2.97. The maximum absolute atomic E-state index is 11.5. The fraction of sp³-hybridized carbons (Fsp3) is 0.158. The Morgan fingerprint density at radius 3 is 2.77 bits per heavy atom. The molecule has 0 aliphatic heterocycles. The van der Waals surface area contributed by atoms with Crippen molar-refractivity contribution >= 4 is 38.7 Å². The summed E-state index contributed by atoms with van der Waals surface area (Å²) in [5.74, 6) is 0.117. The fourth-order valence-electron chi connectivity index (χ4n) is 2.73. The van der Waals surface area contributed by atoms with Gasteiger partial charge in [0.1, 0.15) is 5.01 Å². The summed E-state index contributed by atoms with van der Waals surface area (Å²) in [5.41, 5.74) is 4.14. The second-order valence-corrected chi connectivity index (χ2v) is 7.96. The van der Waals surface area contributed by atoms with Gasteiger partial charge in [-0.2, -0.15) is 0 Å². The Morgan fingerprint density at radius 2 is 2.04 bits per heavy atom. The molecule has 0 amide bonds. The van der Waals surface area contributed by atoms with E-state index in [0.29, 0.717) is 5.56 Å². The first-order valence-corrected chi connectivity index (χ1v) is 9.76. The van der Waals surface area contributed by atoms with E-state index in [1.165, 1.54) is 18.3 Å². The third-order valence-corrected chi connectivity index (χ3v) is 6.14. The fourth-order valence-corrected chi connectivity index (χ4v) is 4.41. The van der Waals surface area contributed by atoms with E-state index in [0.717, 1.165) is 32.2 Å². The largest absolute Gasteiger partial charge is 0.312 e. The Balaban J connectivity index is 1.63. The predicted octanol–water partition coefficient (Wildman–Crippen LogP) is 4.46. The van der Waals surface area contributed by atoms with Crippen molar-refractivity contribution in [3.8, 4) is 11.4 Å². The monoisotopic (exact) mass is 381 g/mol. The topological polar surface area (TPSA) is 75.7 Å². The maximum Gasteiger partial charge on any atom is 0.305 e. The molecule has 3 heterocycles. The molecule has 1 aromatic carbocycles. The van der Waals surface area contributed by atoms with Crippen LogP contribution in [0.4, 0.5) is 0 Å². The number of carbonyl (C=O) groups excluding carboxylic acids is 1. The van der Waals surface area contributed by atoms with Crippen molar-refractivity contribution in [2.24, 2.45) is 0 Å². The molecule has 26 heavy (non-hydrogen) atoms. The van der Waals surface area contributed by atoms with E-state index >= 15 is 0 Å². The minimum atomic E-state index is -0.0404. The van der Waals surface area contributed by atoms with Crippen LogP contribution in [0.15, 0.2) is 46.7 Å². The number of pyridine rings is 1. The lowest BCUT2D eigenvalue weighted by atomic mass is 10.0. The van der Waals surface area contributed by atoms with Crippen molar-refractivity contribution in [1.82, 2.24) is 15.0 Å². The number of benzene rings is 1. The molecule has 0 bridgehead atoms. The van der Waals surface area contributed by atoms with Crippen LogP contribution in [0.1, 0.15) is 40.7 Å². The van der Waals surface area contributed by atoms with Crippen LogP contribution in [-0.2, 0) is 0 Å². The highest BCUT2D eigenvalue weighted by Gasteiger charge is 2.15. The first kappa shape index (κ1) is 16.8. The molecule has 1 N–H and O–H groups in total. The van der Waals surface area contributed by atoms with Crippen LogP contribution >= 0.6 is 22.7 Å². The van der Waals surface area contributed by atoms with Crippen molar-refractivity contribution in [3.63, 3.8) is 0 Å². The molecule has 0 spiro atoms. The van der Waals surface area contributed by atoms with Gasteiger partial charge >= 0.3 is 4.87 Å². The maximum atomic E-state index is 11.5. The molecular formula is C19H15N3O2S2. The van der Waals surface area contributed by atoms with Gasteiger partial charge in [-0.3, -0.25) is 14.6 Å². The Hall–Kier alpha value is -2.64. The number of rotatable bonds is 4. The van der Waals surface area contributed by atoms with E-state index in [1.807, 2.05) is 29.6 Å². The van der Waals surface area contributed by atoms with Crippen LogP contribution in [0.5, 0.6) is 0 Å². The van der Waals surface area contributed by atoms with Crippen molar-refractivity contribution < 1.29 is 4.79 Å². The average Bonchev–Trinajstić information content (AvgIpc) is 3.26. The number of hydrogen-bond donors (Lipinski definition) is 1. The van der Waals surface area contributed by atoms with Crippen molar-refractivity contribution in [2.75, 3.05) is 0 Å². The lowest BCUT2D eigenvalue weighted by Crippen LogP contribution is -1.96. The zero-order chi connectivity index (χ0) is 18.3. The number of nitrogens with zero attached hydrogens (tertiary/aromatic N) is 2. The number of H-pyrrole nitrogens is 1. The number of thiazole rings is 2. The standard InChI is InChI=1S/C19H15N3O2S2/c1-10(12-3-6-15-17(7-12)26-19(24)22-15)18-21-16(9-25-18)14-5-4-13(8-20-14)11(2)23/h3-10H,1-2H3,(H,22,24). The molecule has 3 aromatic heterocycles. The normalized spacial score (nSPS) is 12.4. The summed E-state index contributed by atoms with van der Waals surface area (Å²) in [7, 11) is 0. The molecule has 0 aliphatic carbocycles. The Kier molecular flexibility index (Phi) is 4.26. The summed E-state index contributed by atoms with van der Waals surface area (Å²) in [6, 6.07) is 9.61. The van der Waals surface area contributed by atoms with Crippen LogP contribution in [0, 0.1) is 0 Å². The molecule has 1 unspecified atom stereocenters. The molecular weight excluding hydrogens is 366 g/mol. The molecule has 7 heteroatoms. The van der Waals surface area contributed by atoms with Crippen LogP contribution in [0.2, 0.25) is 0 Å². The quantitative estimate of drug-likeness (QED) is 0.530. The number of ketones is 1. The second kappa shape index (κ2) is 6.59. The number of aromatic nitrogens is 3. The number of fused-ring (bicyclic) bond motifs is 1. The summed E-state index contributed by atoms with van der Waals surface area (Å²) >= 11 is 2.80. The summed E-state index contributed by atoms with van der Waals surface area (Å²) in [6.45, 7) is 3.63. The Morgan fingerprint density at radius 1 is 1.19 bits per heavy atom. The van der Waals surface area contributed by atoms with E-state index < -0.39 is 0 Å². The molecule has 0 fully saturated rings. The van der Waals surface area contributed by atoms with Gasteiger partial charge in [-0.25, -0.2) is 4.98 Å². The Bertz CT molecular complexity index is 1160. The first-order chi connectivity index (χ1) is 12.5. The predicted molar refractivity (Wildman–Crippen MR) is 105 cm³/mol. The molecule has 0 saturated carbocycles. The minimum Gasteiger partial charge on any atom is -0.312 e. The summed E-state index contributed by atoms with van der Waals surface area (Å²) in [6.07, 6.45) is 1.59. The van der Waals surface area contributed by atoms with Gasteiger partial charge in [0.05, 0.1) is 21.6 Å². The van der Waals surface area contributed by atoms with Crippen molar-refractivity contribution in [3.05, 3.63) is 67.7 Å². The number of aromatic amines is 1. The van der Waals surface area contributed by atoms with Crippen LogP contribution in [0.25, 0.3) is 21.6 Å². The molecule has 130 valence electrons. The van der Waals surface area contributed by atoms with Gasteiger partial charge < -0.3 is 4.98 Å². The van der Waals surface area contributed by atoms with E-state index in [9.17, 15) is 9.59 Å². The van der Waals surface area contributed by atoms with E-state index in [-0.39, 0.29) is 16.6 Å². The zero-order valence-electron chi connectivity index (χ0n) is 14.1. The average molecular weight is 381 g/mol. The zero-order valence-corrected chi connectivity index (χ0v) is 15.8. The highest BCUT2D eigenvalue weighted by molar-refractivity contribution is 7.16. The smallest absolute Gasteiger partial charge is 0.305 e. The SMILES string of the molecule is CC(=O)c1ccc(-c2csc(C(C)c3ccc4[nH]c(=O)sc4c3)n2)nc1. The molecule has 5 nitrogen and oxygen atoms in total. The van der Waals surface area contributed by atoms with E-state index in [1.54, 1.807) is 23.6 Å². The van der Waals surface area contributed by atoms with Gasteiger partial charge in [0.15, 0.2) is 5.78 Å². The third kappa shape index (κ3) is 3.11. The van der Waals surface area contributed by atoms with Crippen LogP contribution < -0.4 is 4.87 Å².